The minimum atomic E-state index is -0.0726. The third-order valence-electron chi connectivity index (χ3n) is 5.01. The maximum atomic E-state index is 12.6. The Morgan fingerprint density at radius 2 is 1.79 bits per heavy atom. The number of hydrogen-bond donors (Lipinski definition) is 0. The summed E-state index contributed by atoms with van der Waals surface area (Å²) in [5.41, 5.74) is 3.07. The van der Waals surface area contributed by atoms with E-state index >= 15 is 0 Å². The molecule has 3 aromatic rings. The number of carbonyl (C=O) groups is 1. The number of hydrogen-bond acceptors (Lipinski definition) is 4. The molecule has 0 saturated carbocycles. The molecule has 7 heteroatoms. The van der Waals surface area contributed by atoms with Crippen LogP contribution < -0.4 is 5.56 Å². The van der Waals surface area contributed by atoms with E-state index in [9.17, 15) is 9.59 Å². The number of aromatic nitrogens is 2. The average molecular weight is 397 g/mol. The van der Waals surface area contributed by atoms with E-state index in [0.717, 1.165) is 24.3 Å². The number of carbonyl (C=O) groups excluding carboxylic acids is 1. The Morgan fingerprint density at radius 3 is 2.50 bits per heavy atom. The molecule has 28 heavy (non-hydrogen) atoms. The molecule has 0 unspecified atom stereocenters. The number of aryl methyl sites for hydroxylation is 1. The summed E-state index contributed by atoms with van der Waals surface area (Å²) in [6.45, 7) is 5.36. The van der Waals surface area contributed by atoms with E-state index in [2.05, 4.69) is 9.88 Å². The number of fused-ring (bicyclic) bond motifs is 1. The lowest BCUT2D eigenvalue weighted by Crippen LogP contribution is -2.48. The Morgan fingerprint density at radius 1 is 1.07 bits per heavy atom. The van der Waals surface area contributed by atoms with Crippen LogP contribution in [0, 0.1) is 6.92 Å². The van der Waals surface area contributed by atoms with Gasteiger partial charge in [0.15, 0.2) is 0 Å². The lowest BCUT2D eigenvalue weighted by atomic mass is 10.2. The van der Waals surface area contributed by atoms with Crippen LogP contribution in [0.5, 0.6) is 0 Å². The van der Waals surface area contributed by atoms with Gasteiger partial charge in [0, 0.05) is 55.6 Å². The molecule has 144 valence electrons. The highest BCUT2D eigenvalue weighted by atomic mass is 35.5. The van der Waals surface area contributed by atoms with Crippen molar-refractivity contribution >= 4 is 23.2 Å². The molecule has 1 saturated heterocycles. The molecule has 4 rings (SSSR count). The second-order valence-electron chi connectivity index (χ2n) is 7.09. The van der Waals surface area contributed by atoms with Crippen molar-refractivity contribution in [2.45, 2.75) is 13.5 Å². The molecular formula is C21H21ClN4O2. The van der Waals surface area contributed by atoms with Gasteiger partial charge >= 0.3 is 0 Å². The SMILES string of the molecule is Cc1ccn2c(=O)cc(CN3CCN(C(=O)c4ccc(Cl)cc4)CC3)nc2c1. The largest absolute Gasteiger partial charge is 0.336 e. The van der Waals surface area contributed by atoms with Crippen molar-refractivity contribution in [3.63, 3.8) is 0 Å². The summed E-state index contributed by atoms with van der Waals surface area (Å²) in [7, 11) is 0. The number of halogens is 1. The van der Waals surface area contributed by atoms with Gasteiger partial charge in [-0.2, -0.15) is 0 Å². The van der Waals surface area contributed by atoms with E-state index in [4.69, 9.17) is 11.6 Å². The highest BCUT2D eigenvalue weighted by Crippen LogP contribution is 2.14. The molecule has 0 bridgehead atoms. The van der Waals surface area contributed by atoms with E-state index in [1.165, 1.54) is 0 Å². The number of nitrogens with zero attached hydrogens (tertiary/aromatic N) is 4. The van der Waals surface area contributed by atoms with Crippen LogP contribution in [-0.4, -0.2) is 51.3 Å². The molecule has 1 aliphatic heterocycles. The molecule has 0 aliphatic carbocycles. The number of piperazine rings is 1. The zero-order valence-electron chi connectivity index (χ0n) is 15.6. The second kappa shape index (κ2) is 7.73. The lowest BCUT2D eigenvalue weighted by molar-refractivity contribution is 0.0627. The summed E-state index contributed by atoms with van der Waals surface area (Å²) < 4.78 is 1.55. The van der Waals surface area contributed by atoms with E-state index < -0.39 is 0 Å². The van der Waals surface area contributed by atoms with Crippen molar-refractivity contribution in [3.05, 3.63) is 80.9 Å². The molecule has 1 aromatic carbocycles. The topological polar surface area (TPSA) is 57.9 Å². The van der Waals surface area contributed by atoms with E-state index in [1.807, 2.05) is 24.0 Å². The number of benzene rings is 1. The van der Waals surface area contributed by atoms with Gasteiger partial charge in [-0.1, -0.05) is 11.6 Å². The van der Waals surface area contributed by atoms with Gasteiger partial charge in [0.2, 0.25) is 0 Å². The van der Waals surface area contributed by atoms with Crippen LogP contribution in [0.2, 0.25) is 5.02 Å². The smallest absolute Gasteiger partial charge is 0.258 e. The Balaban J connectivity index is 1.42. The number of amides is 1. The third-order valence-corrected chi connectivity index (χ3v) is 5.26. The Bertz CT molecular complexity index is 1070. The molecule has 0 spiro atoms. The summed E-state index contributed by atoms with van der Waals surface area (Å²) in [6, 6.07) is 12.4. The fourth-order valence-electron chi connectivity index (χ4n) is 3.45. The number of pyridine rings is 1. The normalized spacial score (nSPS) is 15.1. The van der Waals surface area contributed by atoms with Gasteiger partial charge in [0.1, 0.15) is 5.65 Å². The fourth-order valence-corrected chi connectivity index (χ4v) is 3.57. The molecule has 6 nitrogen and oxygen atoms in total. The summed E-state index contributed by atoms with van der Waals surface area (Å²) in [5, 5.41) is 0.621. The quantitative estimate of drug-likeness (QED) is 0.683. The van der Waals surface area contributed by atoms with Crippen LogP contribution in [0.4, 0.5) is 0 Å². The zero-order chi connectivity index (χ0) is 19.7. The maximum Gasteiger partial charge on any atom is 0.258 e. The van der Waals surface area contributed by atoms with Crippen LogP contribution in [-0.2, 0) is 6.54 Å². The third kappa shape index (κ3) is 3.93. The predicted octanol–water partition coefficient (Wildman–Crippen LogP) is 2.61. The summed E-state index contributed by atoms with van der Waals surface area (Å²) in [5.74, 6) is 0.0221. The van der Waals surface area contributed by atoms with E-state index in [-0.39, 0.29) is 11.5 Å². The summed E-state index contributed by atoms with van der Waals surface area (Å²) >= 11 is 5.89. The van der Waals surface area contributed by atoms with Crippen molar-refractivity contribution in [2.75, 3.05) is 26.2 Å². The first-order valence-corrected chi connectivity index (χ1v) is 9.63. The van der Waals surface area contributed by atoms with Gasteiger partial charge in [0.25, 0.3) is 11.5 Å². The van der Waals surface area contributed by atoms with Gasteiger partial charge in [-0.05, 0) is 48.9 Å². The maximum absolute atomic E-state index is 12.6. The van der Waals surface area contributed by atoms with E-state index in [1.54, 1.807) is 40.9 Å². The minimum Gasteiger partial charge on any atom is -0.336 e. The van der Waals surface area contributed by atoms with Crippen LogP contribution >= 0.6 is 11.6 Å². The van der Waals surface area contributed by atoms with Crippen molar-refractivity contribution in [1.82, 2.24) is 19.2 Å². The monoisotopic (exact) mass is 396 g/mol. The summed E-state index contributed by atoms with van der Waals surface area (Å²) in [4.78, 5) is 33.6. The van der Waals surface area contributed by atoms with Gasteiger partial charge < -0.3 is 4.90 Å². The minimum absolute atomic E-state index is 0.0221. The van der Waals surface area contributed by atoms with Crippen LogP contribution in [0.1, 0.15) is 21.6 Å². The molecule has 1 fully saturated rings. The van der Waals surface area contributed by atoms with Crippen LogP contribution in [0.3, 0.4) is 0 Å². The molecule has 0 radical (unpaired) electrons. The highest BCUT2D eigenvalue weighted by molar-refractivity contribution is 6.30. The van der Waals surface area contributed by atoms with Gasteiger partial charge in [-0.3, -0.25) is 18.9 Å². The Labute approximate surface area is 168 Å². The van der Waals surface area contributed by atoms with Crippen molar-refractivity contribution in [2.24, 2.45) is 0 Å². The van der Waals surface area contributed by atoms with Crippen molar-refractivity contribution in [3.8, 4) is 0 Å². The first-order chi connectivity index (χ1) is 13.5. The Kier molecular flexibility index (Phi) is 5.15. The molecule has 1 amide bonds. The second-order valence-corrected chi connectivity index (χ2v) is 7.53. The molecule has 1 aliphatic rings. The average Bonchev–Trinajstić information content (AvgIpc) is 2.68. The molecule has 2 aromatic heterocycles. The van der Waals surface area contributed by atoms with Crippen molar-refractivity contribution < 1.29 is 4.79 Å². The first-order valence-electron chi connectivity index (χ1n) is 9.26. The molecule has 0 N–H and O–H groups in total. The first kappa shape index (κ1) is 18.7. The zero-order valence-corrected chi connectivity index (χ0v) is 16.4. The fraction of sp³-hybridized carbons (Fsp3) is 0.286. The van der Waals surface area contributed by atoms with Crippen LogP contribution in [0.25, 0.3) is 5.65 Å². The molecular weight excluding hydrogens is 376 g/mol. The molecule has 0 atom stereocenters. The summed E-state index contributed by atoms with van der Waals surface area (Å²) in [6.07, 6.45) is 1.75. The molecule has 3 heterocycles. The standard InChI is InChI=1S/C21H21ClN4O2/c1-15-6-7-26-19(12-15)23-18(13-20(26)27)14-24-8-10-25(11-9-24)21(28)16-2-4-17(22)5-3-16/h2-7,12-13H,8-11,14H2,1H3. The van der Waals surface area contributed by atoms with E-state index in [0.29, 0.717) is 35.9 Å². The highest BCUT2D eigenvalue weighted by Gasteiger charge is 2.22. The predicted molar refractivity (Wildman–Crippen MR) is 109 cm³/mol. The number of rotatable bonds is 3. The van der Waals surface area contributed by atoms with Gasteiger partial charge in [-0.25, -0.2) is 4.98 Å². The van der Waals surface area contributed by atoms with Crippen LogP contribution in [0.15, 0.2) is 53.5 Å². The Hall–Kier alpha value is -2.70. The van der Waals surface area contributed by atoms with Crippen molar-refractivity contribution in [1.29, 1.82) is 0 Å². The van der Waals surface area contributed by atoms with Gasteiger partial charge in [0.05, 0.1) is 5.69 Å². The van der Waals surface area contributed by atoms with Gasteiger partial charge in [-0.15, -0.1) is 0 Å². The lowest BCUT2D eigenvalue weighted by Gasteiger charge is -2.34.